The van der Waals surface area contributed by atoms with Gasteiger partial charge in [-0.2, -0.15) is 5.26 Å². The van der Waals surface area contributed by atoms with Crippen molar-refractivity contribution in [1.82, 2.24) is 4.98 Å². The predicted octanol–water partition coefficient (Wildman–Crippen LogP) is 4.63. The van der Waals surface area contributed by atoms with E-state index in [2.05, 4.69) is 16.4 Å². The van der Waals surface area contributed by atoms with Crippen molar-refractivity contribution in [2.45, 2.75) is 32.1 Å². The van der Waals surface area contributed by atoms with Crippen molar-refractivity contribution in [2.75, 3.05) is 11.9 Å². The van der Waals surface area contributed by atoms with Crippen LogP contribution in [0.1, 0.15) is 40.8 Å². The zero-order valence-electron chi connectivity index (χ0n) is 16.9. The summed E-state index contributed by atoms with van der Waals surface area (Å²) < 4.78 is 5.07. The molecule has 0 unspecified atom stereocenters. The molecule has 0 saturated heterocycles. The van der Waals surface area contributed by atoms with E-state index in [1.807, 2.05) is 30.3 Å². The minimum Gasteiger partial charge on any atom is -0.452 e. The summed E-state index contributed by atoms with van der Waals surface area (Å²) in [5.74, 6) is -1.08. The van der Waals surface area contributed by atoms with E-state index in [9.17, 15) is 14.9 Å². The van der Waals surface area contributed by atoms with E-state index in [4.69, 9.17) is 4.74 Å². The zero-order valence-corrected chi connectivity index (χ0v) is 17.7. The molecule has 0 atom stereocenters. The molecule has 1 aliphatic carbocycles. The minimum atomic E-state index is -0.620. The summed E-state index contributed by atoms with van der Waals surface area (Å²) in [6, 6.07) is 11.7. The summed E-state index contributed by atoms with van der Waals surface area (Å²) in [6.07, 6.45) is 9.73. The van der Waals surface area contributed by atoms with Crippen LogP contribution in [0.5, 0.6) is 0 Å². The highest BCUT2D eigenvalue weighted by molar-refractivity contribution is 7.16. The fourth-order valence-corrected chi connectivity index (χ4v) is 4.97. The maximum absolute atomic E-state index is 12.3. The van der Waals surface area contributed by atoms with E-state index in [0.29, 0.717) is 10.6 Å². The lowest BCUT2D eigenvalue weighted by atomic mass is 10.1. The third kappa shape index (κ3) is 4.81. The van der Waals surface area contributed by atoms with Gasteiger partial charge >= 0.3 is 5.97 Å². The lowest BCUT2D eigenvalue weighted by Gasteiger charge is -2.05. The van der Waals surface area contributed by atoms with Crippen molar-refractivity contribution >= 4 is 45.2 Å². The van der Waals surface area contributed by atoms with Gasteiger partial charge in [0.25, 0.3) is 5.91 Å². The summed E-state index contributed by atoms with van der Waals surface area (Å²) in [6.45, 7) is -0.412. The van der Waals surface area contributed by atoms with Gasteiger partial charge in [-0.3, -0.25) is 9.78 Å². The number of pyridine rings is 1. The van der Waals surface area contributed by atoms with Gasteiger partial charge in [0.2, 0.25) is 0 Å². The monoisotopic (exact) mass is 431 g/mol. The number of aromatic nitrogens is 1. The molecule has 0 spiro atoms. The maximum atomic E-state index is 12.3. The summed E-state index contributed by atoms with van der Waals surface area (Å²) in [4.78, 5) is 29.9. The first-order valence-corrected chi connectivity index (χ1v) is 11.0. The molecule has 1 N–H and O–H groups in total. The number of fused-ring (bicyclic) bond motifs is 2. The van der Waals surface area contributed by atoms with Crippen LogP contribution in [-0.4, -0.2) is 23.5 Å². The highest BCUT2D eigenvalue weighted by Crippen LogP contribution is 2.36. The Balaban J connectivity index is 1.36. The topological polar surface area (TPSA) is 92.1 Å². The van der Waals surface area contributed by atoms with E-state index in [-0.39, 0.29) is 0 Å². The fraction of sp³-hybridized carbons (Fsp3) is 0.250. The molecule has 1 aliphatic rings. The van der Waals surface area contributed by atoms with E-state index in [0.717, 1.165) is 54.1 Å². The summed E-state index contributed by atoms with van der Waals surface area (Å²) >= 11 is 1.46. The second kappa shape index (κ2) is 9.54. The Morgan fingerprint density at radius 3 is 2.90 bits per heavy atom. The Bertz CT molecular complexity index is 1200. The number of nitrogens with zero attached hydrogens (tertiary/aromatic N) is 2. The number of carbonyl (C=O) groups is 2. The quantitative estimate of drug-likeness (QED) is 0.361. The molecule has 4 rings (SSSR count). The second-order valence-corrected chi connectivity index (χ2v) is 8.40. The fourth-order valence-electron chi connectivity index (χ4n) is 3.72. The first kappa shape index (κ1) is 20.8. The van der Waals surface area contributed by atoms with Crippen molar-refractivity contribution in [3.8, 4) is 6.07 Å². The van der Waals surface area contributed by atoms with Crippen LogP contribution in [0, 0.1) is 11.3 Å². The lowest BCUT2D eigenvalue weighted by molar-refractivity contribution is -0.142. The van der Waals surface area contributed by atoms with Crippen molar-refractivity contribution in [1.29, 1.82) is 5.26 Å². The second-order valence-electron chi connectivity index (χ2n) is 7.29. The number of thiophene rings is 1. The zero-order chi connectivity index (χ0) is 21.6. The number of rotatable bonds is 5. The Morgan fingerprint density at radius 2 is 2.03 bits per heavy atom. The van der Waals surface area contributed by atoms with Gasteiger partial charge in [-0.15, -0.1) is 11.3 Å². The number of nitriles is 1. The number of hydrogen-bond acceptors (Lipinski definition) is 6. The van der Waals surface area contributed by atoms with Crippen molar-refractivity contribution in [3.63, 3.8) is 0 Å². The van der Waals surface area contributed by atoms with Gasteiger partial charge in [0, 0.05) is 28.1 Å². The SMILES string of the molecule is N#Cc1c(NC(=O)COC(=O)/C=C/c2cccc3cccnc23)sc2c1CCCCC2. The molecule has 0 fully saturated rings. The molecule has 156 valence electrons. The smallest absolute Gasteiger partial charge is 0.331 e. The Hall–Kier alpha value is -3.50. The van der Waals surface area contributed by atoms with Gasteiger partial charge in [-0.05, 0) is 43.4 Å². The highest BCUT2D eigenvalue weighted by atomic mass is 32.1. The van der Waals surface area contributed by atoms with Crippen LogP contribution in [0.4, 0.5) is 5.00 Å². The average Bonchev–Trinajstić information content (AvgIpc) is 2.94. The molecule has 1 amide bonds. The first-order valence-electron chi connectivity index (χ1n) is 10.2. The Kier molecular flexibility index (Phi) is 6.39. The van der Waals surface area contributed by atoms with Gasteiger partial charge in [-0.25, -0.2) is 4.79 Å². The molecular formula is C24H21N3O3S. The largest absolute Gasteiger partial charge is 0.452 e. The van der Waals surface area contributed by atoms with Crippen LogP contribution < -0.4 is 5.32 Å². The summed E-state index contributed by atoms with van der Waals surface area (Å²) in [7, 11) is 0. The maximum Gasteiger partial charge on any atom is 0.331 e. The van der Waals surface area contributed by atoms with Gasteiger partial charge in [0.15, 0.2) is 6.61 Å². The number of anilines is 1. The number of carbonyl (C=O) groups excluding carboxylic acids is 2. The van der Waals surface area contributed by atoms with Crippen LogP contribution in [0.15, 0.2) is 42.6 Å². The number of aryl methyl sites for hydroxylation is 1. The number of benzene rings is 1. The summed E-state index contributed by atoms with van der Waals surface area (Å²) in [5.41, 5.74) is 3.18. The number of ether oxygens (including phenoxy) is 1. The highest BCUT2D eigenvalue weighted by Gasteiger charge is 2.21. The number of esters is 1. The number of para-hydroxylation sites is 1. The van der Waals surface area contributed by atoms with Gasteiger partial charge in [0.1, 0.15) is 11.1 Å². The normalized spacial score (nSPS) is 13.4. The van der Waals surface area contributed by atoms with Crippen LogP contribution in [0.3, 0.4) is 0 Å². The molecule has 2 aromatic heterocycles. The van der Waals surface area contributed by atoms with E-state index < -0.39 is 18.5 Å². The van der Waals surface area contributed by atoms with Gasteiger partial charge < -0.3 is 10.1 Å². The number of amides is 1. The third-order valence-electron chi connectivity index (χ3n) is 5.19. The molecule has 6 nitrogen and oxygen atoms in total. The molecule has 0 aliphatic heterocycles. The molecular weight excluding hydrogens is 410 g/mol. The van der Waals surface area contributed by atoms with Gasteiger partial charge in [0.05, 0.1) is 11.1 Å². The number of nitrogens with one attached hydrogen (secondary N) is 1. The van der Waals surface area contributed by atoms with Gasteiger partial charge in [-0.1, -0.05) is 30.7 Å². The molecule has 3 aromatic rings. The van der Waals surface area contributed by atoms with Crippen LogP contribution >= 0.6 is 11.3 Å². The summed E-state index contributed by atoms with van der Waals surface area (Å²) in [5, 5.41) is 13.8. The third-order valence-corrected chi connectivity index (χ3v) is 6.40. The van der Waals surface area contributed by atoms with Crippen LogP contribution in [0.2, 0.25) is 0 Å². The Labute approximate surface area is 184 Å². The first-order chi connectivity index (χ1) is 15.2. The molecule has 31 heavy (non-hydrogen) atoms. The Morgan fingerprint density at radius 1 is 1.19 bits per heavy atom. The minimum absolute atomic E-state index is 0.412. The predicted molar refractivity (Wildman–Crippen MR) is 121 cm³/mol. The van der Waals surface area contributed by atoms with Crippen molar-refractivity contribution < 1.29 is 14.3 Å². The molecule has 0 saturated carbocycles. The van der Waals surface area contributed by atoms with Crippen LogP contribution in [-0.2, 0) is 27.2 Å². The van der Waals surface area contributed by atoms with Crippen LogP contribution in [0.25, 0.3) is 17.0 Å². The number of hydrogen-bond donors (Lipinski definition) is 1. The van der Waals surface area contributed by atoms with E-state index >= 15 is 0 Å². The standard InChI is InChI=1S/C24H21N3O3S/c25-14-19-18-9-2-1-3-10-20(18)31-24(19)27-21(28)15-30-22(29)12-11-17-7-4-6-16-8-5-13-26-23(16)17/h4-8,11-13H,1-3,9-10,15H2,(H,27,28)/b12-11+. The van der Waals surface area contributed by atoms with Crippen molar-refractivity contribution in [3.05, 3.63) is 64.2 Å². The molecule has 0 radical (unpaired) electrons. The lowest BCUT2D eigenvalue weighted by Crippen LogP contribution is -2.20. The van der Waals surface area contributed by atoms with Crippen molar-refractivity contribution in [2.24, 2.45) is 0 Å². The molecule has 0 bridgehead atoms. The van der Waals surface area contributed by atoms with E-state index in [1.165, 1.54) is 22.3 Å². The molecule has 2 heterocycles. The molecule has 1 aromatic carbocycles. The van der Waals surface area contributed by atoms with E-state index in [1.54, 1.807) is 12.3 Å². The average molecular weight is 432 g/mol. The molecule has 7 heteroatoms.